The quantitative estimate of drug-likeness (QED) is 0.854. The van der Waals surface area contributed by atoms with Gasteiger partial charge in [0.2, 0.25) is 5.91 Å². The third kappa shape index (κ3) is 4.93. The predicted molar refractivity (Wildman–Crippen MR) is 85.2 cm³/mol. The lowest BCUT2D eigenvalue weighted by Crippen LogP contribution is -2.06. The van der Waals surface area contributed by atoms with Gasteiger partial charge < -0.3 is 15.4 Å². The molecule has 2 aromatic carbocycles. The molecule has 0 spiro atoms. The Kier molecular flexibility index (Phi) is 5.35. The third-order valence-corrected chi connectivity index (χ3v) is 2.98. The molecular formula is C17H20N2O2. The summed E-state index contributed by atoms with van der Waals surface area (Å²) in [5, 5.41) is 6.13. The number of hydrogen-bond donors (Lipinski definition) is 2. The topological polar surface area (TPSA) is 50.4 Å². The van der Waals surface area contributed by atoms with E-state index in [-0.39, 0.29) is 5.91 Å². The molecule has 2 N–H and O–H groups in total. The second-order valence-corrected chi connectivity index (χ2v) is 4.87. The van der Waals surface area contributed by atoms with Gasteiger partial charge in [0, 0.05) is 32.0 Å². The minimum absolute atomic E-state index is 0.0700. The molecule has 4 nitrogen and oxygen atoms in total. The Morgan fingerprint density at radius 2 is 1.76 bits per heavy atom. The van der Waals surface area contributed by atoms with Crippen LogP contribution in [0.25, 0.3) is 0 Å². The van der Waals surface area contributed by atoms with Gasteiger partial charge in [0.15, 0.2) is 0 Å². The van der Waals surface area contributed by atoms with E-state index in [2.05, 4.69) is 22.8 Å². The lowest BCUT2D eigenvalue weighted by Gasteiger charge is -2.10. The van der Waals surface area contributed by atoms with Crippen molar-refractivity contribution in [3.8, 4) is 0 Å². The molecule has 2 rings (SSSR count). The molecule has 1 amide bonds. The van der Waals surface area contributed by atoms with Gasteiger partial charge in [-0.2, -0.15) is 0 Å². The molecule has 4 heteroatoms. The summed E-state index contributed by atoms with van der Waals surface area (Å²) in [7, 11) is 1.69. The number of anilines is 2. The van der Waals surface area contributed by atoms with E-state index in [1.165, 1.54) is 12.5 Å². The first-order valence-corrected chi connectivity index (χ1v) is 6.85. The summed E-state index contributed by atoms with van der Waals surface area (Å²) in [4.78, 5) is 11.1. The number of ether oxygens (including phenoxy) is 1. The van der Waals surface area contributed by atoms with Gasteiger partial charge in [-0.25, -0.2) is 0 Å². The molecule has 0 radical (unpaired) electrons. The number of rotatable bonds is 6. The average Bonchev–Trinajstić information content (AvgIpc) is 2.46. The highest BCUT2D eigenvalue weighted by molar-refractivity contribution is 5.89. The fraction of sp³-hybridized carbons (Fsp3) is 0.235. The summed E-state index contributed by atoms with van der Waals surface area (Å²) in [5.74, 6) is -0.0700. The molecule has 0 bridgehead atoms. The number of nitrogens with one attached hydrogen (secondary N) is 2. The zero-order valence-electron chi connectivity index (χ0n) is 12.3. The van der Waals surface area contributed by atoms with Gasteiger partial charge in [0.05, 0.1) is 6.61 Å². The molecule has 0 atom stereocenters. The third-order valence-electron chi connectivity index (χ3n) is 2.98. The fourth-order valence-corrected chi connectivity index (χ4v) is 2.11. The normalized spacial score (nSPS) is 10.2. The largest absolute Gasteiger partial charge is 0.381 e. The number of benzene rings is 2. The monoisotopic (exact) mass is 284 g/mol. The molecule has 110 valence electrons. The molecule has 0 aliphatic rings. The van der Waals surface area contributed by atoms with Crippen LogP contribution >= 0.6 is 0 Å². The van der Waals surface area contributed by atoms with Crippen LogP contribution in [0.5, 0.6) is 0 Å². The van der Waals surface area contributed by atoms with Crippen LogP contribution in [0, 0.1) is 0 Å². The first-order valence-electron chi connectivity index (χ1n) is 6.85. The molecule has 0 aliphatic heterocycles. The lowest BCUT2D eigenvalue weighted by atomic mass is 10.1. The smallest absolute Gasteiger partial charge is 0.221 e. The maximum absolute atomic E-state index is 11.1. The summed E-state index contributed by atoms with van der Waals surface area (Å²) in [6.45, 7) is 2.84. The maximum atomic E-state index is 11.1. The van der Waals surface area contributed by atoms with Crippen LogP contribution < -0.4 is 10.6 Å². The Balaban J connectivity index is 1.99. The van der Waals surface area contributed by atoms with Crippen molar-refractivity contribution in [2.75, 3.05) is 17.7 Å². The molecule has 21 heavy (non-hydrogen) atoms. The molecule has 0 fully saturated rings. The van der Waals surface area contributed by atoms with Gasteiger partial charge >= 0.3 is 0 Å². The van der Waals surface area contributed by atoms with Crippen molar-refractivity contribution in [3.05, 3.63) is 59.7 Å². The van der Waals surface area contributed by atoms with E-state index >= 15 is 0 Å². The summed E-state index contributed by atoms with van der Waals surface area (Å²) < 4.78 is 5.14. The Labute approximate surface area is 125 Å². The van der Waals surface area contributed by atoms with Gasteiger partial charge in [-0.05, 0) is 29.3 Å². The van der Waals surface area contributed by atoms with E-state index in [1.54, 1.807) is 7.11 Å². The van der Waals surface area contributed by atoms with Crippen molar-refractivity contribution >= 4 is 17.3 Å². The van der Waals surface area contributed by atoms with Crippen molar-refractivity contribution in [2.24, 2.45) is 0 Å². The molecule has 0 aliphatic carbocycles. The van der Waals surface area contributed by atoms with Gasteiger partial charge in [0.25, 0.3) is 0 Å². The molecular weight excluding hydrogens is 264 g/mol. The van der Waals surface area contributed by atoms with E-state index < -0.39 is 0 Å². The number of carbonyl (C=O) groups is 1. The molecule has 0 heterocycles. The van der Waals surface area contributed by atoms with Crippen LogP contribution in [-0.2, 0) is 22.7 Å². The first-order chi connectivity index (χ1) is 10.2. The number of carbonyl (C=O) groups excluding carboxylic acids is 1. The SMILES string of the molecule is COCc1cccc(CNc2cccc(NC(C)=O)c2)c1. The highest BCUT2D eigenvalue weighted by atomic mass is 16.5. The Morgan fingerprint density at radius 3 is 2.52 bits per heavy atom. The van der Waals surface area contributed by atoms with Crippen LogP contribution in [0.15, 0.2) is 48.5 Å². The zero-order chi connectivity index (χ0) is 15.1. The minimum atomic E-state index is -0.0700. The van der Waals surface area contributed by atoms with E-state index in [0.717, 1.165) is 23.5 Å². The molecule has 0 unspecified atom stereocenters. The highest BCUT2D eigenvalue weighted by Gasteiger charge is 1.99. The summed E-state index contributed by atoms with van der Waals surface area (Å²) in [6.07, 6.45) is 0. The van der Waals surface area contributed by atoms with Crippen molar-refractivity contribution in [3.63, 3.8) is 0 Å². The van der Waals surface area contributed by atoms with Crippen LogP contribution in [0.2, 0.25) is 0 Å². The van der Waals surface area contributed by atoms with Crippen molar-refractivity contribution in [1.29, 1.82) is 0 Å². The Morgan fingerprint density at radius 1 is 1.05 bits per heavy atom. The maximum Gasteiger partial charge on any atom is 0.221 e. The standard InChI is InChI=1S/C17H20N2O2/c1-13(20)19-17-8-4-7-16(10-17)18-11-14-5-3-6-15(9-14)12-21-2/h3-10,18H,11-12H2,1-2H3,(H,19,20). The highest BCUT2D eigenvalue weighted by Crippen LogP contribution is 2.16. The Bertz CT molecular complexity index is 611. The number of amides is 1. The molecule has 0 saturated heterocycles. The summed E-state index contributed by atoms with van der Waals surface area (Å²) in [5.41, 5.74) is 4.11. The Hall–Kier alpha value is -2.33. The van der Waals surface area contributed by atoms with Crippen molar-refractivity contribution in [1.82, 2.24) is 0 Å². The number of methoxy groups -OCH3 is 1. The first kappa shape index (κ1) is 15.1. The summed E-state index contributed by atoms with van der Waals surface area (Å²) in [6, 6.07) is 15.9. The predicted octanol–water partition coefficient (Wildman–Crippen LogP) is 3.40. The van der Waals surface area contributed by atoms with Gasteiger partial charge in [-0.15, -0.1) is 0 Å². The minimum Gasteiger partial charge on any atom is -0.381 e. The second-order valence-electron chi connectivity index (χ2n) is 4.87. The van der Waals surface area contributed by atoms with Crippen LogP contribution in [0.4, 0.5) is 11.4 Å². The fourth-order valence-electron chi connectivity index (χ4n) is 2.11. The lowest BCUT2D eigenvalue weighted by molar-refractivity contribution is -0.114. The van der Waals surface area contributed by atoms with Crippen LogP contribution in [0.1, 0.15) is 18.1 Å². The van der Waals surface area contributed by atoms with Gasteiger partial charge in [-0.1, -0.05) is 30.3 Å². The van der Waals surface area contributed by atoms with E-state index in [9.17, 15) is 4.79 Å². The average molecular weight is 284 g/mol. The second kappa shape index (κ2) is 7.45. The molecule has 0 aromatic heterocycles. The van der Waals surface area contributed by atoms with Gasteiger partial charge in [0.1, 0.15) is 0 Å². The van der Waals surface area contributed by atoms with E-state index in [0.29, 0.717) is 6.61 Å². The van der Waals surface area contributed by atoms with E-state index in [4.69, 9.17) is 4.74 Å². The molecule has 2 aromatic rings. The van der Waals surface area contributed by atoms with Crippen LogP contribution in [0.3, 0.4) is 0 Å². The van der Waals surface area contributed by atoms with Gasteiger partial charge in [-0.3, -0.25) is 4.79 Å². The summed E-state index contributed by atoms with van der Waals surface area (Å²) >= 11 is 0. The zero-order valence-corrected chi connectivity index (χ0v) is 12.3. The number of hydrogen-bond acceptors (Lipinski definition) is 3. The molecule has 0 saturated carbocycles. The van der Waals surface area contributed by atoms with Crippen molar-refractivity contribution < 1.29 is 9.53 Å². The van der Waals surface area contributed by atoms with E-state index in [1.807, 2.05) is 36.4 Å². The van der Waals surface area contributed by atoms with Crippen LogP contribution in [-0.4, -0.2) is 13.0 Å². The van der Waals surface area contributed by atoms with Crippen molar-refractivity contribution in [2.45, 2.75) is 20.1 Å².